The number of ether oxygens (including phenoxy) is 2. The Morgan fingerprint density at radius 3 is 2.56 bits per heavy atom. The molecule has 0 fully saturated rings. The highest BCUT2D eigenvalue weighted by Crippen LogP contribution is 2.11. The molecule has 0 bridgehead atoms. The zero-order chi connectivity index (χ0) is 12.0. The van der Waals surface area contributed by atoms with E-state index < -0.39 is 12.1 Å². The van der Waals surface area contributed by atoms with Crippen LogP contribution >= 0.6 is 15.9 Å². The molecule has 0 aromatic heterocycles. The summed E-state index contributed by atoms with van der Waals surface area (Å²) in [5.41, 5.74) is 6.26. The number of esters is 1. The average Bonchev–Trinajstić information content (AvgIpc) is 2.30. The van der Waals surface area contributed by atoms with E-state index in [0.717, 1.165) is 10.0 Å². The van der Waals surface area contributed by atoms with Gasteiger partial charge in [-0.2, -0.15) is 0 Å². The number of carbonyl (C=O) groups excluding carboxylic acids is 1. The van der Waals surface area contributed by atoms with E-state index in [9.17, 15) is 4.79 Å². The van der Waals surface area contributed by atoms with Gasteiger partial charge in [-0.3, -0.25) is 0 Å². The summed E-state index contributed by atoms with van der Waals surface area (Å²) in [5.74, 6) is -0.437. The van der Waals surface area contributed by atoms with Crippen LogP contribution in [0, 0.1) is 0 Å². The third-order valence-corrected chi connectivity index (χ3v) is 2.58. The Hall–Kier alpha value is -0.910. The number of hydrogen-bond acceptors (Lipinski definition) is 4. The summed E-state index contributed by atoms with van der Waals surface area (Å²) in [6.07, 6.45) is -0.685. The SMILES string of the molecule is COC(CN)C(=O)OCc1ccc(Br)cc1. The second-order valence-corrected chi connectivity index (χ2v) is 4.11. The van der Waals surface area contributed by atoms with Crippen molar-refractivity contribution in [2.75, 3.05) is 13.7 Å². The average molecular weight is 288 g/mol. The molecule has 0 saturated carbocycles. The normalized spacial score (nSPS) is 12.2. The van der Waals surface area contributed by atoms with Gasteiger partial charge in [0.15, 0.2) is 6.10 Å². The maximum absolute atomic E-state index is 11.4. The molecule has 16 heavy (non-hydrogen) atoms. The molecule has 0 aliphatic carbocycles. The predicted octanol–water partition coefficient (Wildman–Crippen LogP) is 1.47. The molecule has 0 spiro atoms. The molecule has 1 unspecified atom stereocenters. The van der Waals surface area contributed by atoms with E-state index in [0.29, 0.717) is 0 Å². The van der Waals surface area contributed by atoms with E-state index in [1.165, 1.54) is 7.11 Å². The van der Waals surface area contributed by atoms with Gasteiger partial charge in [-0.25, -0.2) is 4.79 Å². The number of nitrogens with two attached hydrogens (primary N) is 1. The smallest absolute Gasteiger partial charge is 0.336 e. The highest BCUT2D eigenvalue weighted by molar-refractivity contribution is 9.10. The van der Waals surface area contributed by atoms with Gasteiger partial charge in [-0.05, 0) is 17.7 Å². The molecule has 0 saturated heterocycles. The molecule has 1 aromatic carbocycles. The van der Waals surface area contributed by atoms with Gasteiger partial charge in [0, 0.05) is 18.1 Å². The van der Waals surface area contributed by atoms with Crippen molar-refractivity contribution >= 4 is 21.9 Å². The van der Waals surface area contributed by atoms with Gasteiger partial charge < -0.3 is 15.2 Å². The highest BCUT2D eigenvalue weighted by atomic mass is 79.9. The van der Waals surface area contributed by atoms with Gasteiger partial charge in [-0.1, -0.05) is 28.1 Å². The van der Waals surface area contributed by atoms with Crippen molar-refractivity contribution < 1.29 is 14.3 Å². The van der Waals surface area contributed by atoms with Crippen molar-refractivity contribution in [1.82, 2.24) is 0 Å². The van der Waals surface area contributed by atoms with E-state index in [4.69, 9.17) is 15.2 Å². The summed E-state index contributed by atoms with van der Waals surface area (Å²) < 4.78 is 10.9. The summed E-state index contributed by atoms with van der Waals surface area (Å²) in [6.45, 7) is 0.349. The lowest BCUT2D eigenvalue weighted by molar-refractivity contribution is -0.156. The molecule has 88 valence electrons. The van der Waals surface area contributed by atoms with Crippen LogP contribution in [-0.4, -0.2) is 25.7 Å². The molecule has 0 heterocycles. The zero-order valence-corrected chi connectivity index (χ0v) is 10.6. The van der Waals surface area contributed by atoms with Crippen LogP contribution in [0.15, 0.2) is 28.7 Å². The topological polar surface area (TPSA) is 61.5 Å². The Morgan fingerprint density at radius 2 is 2.06 bits per heavy atom. The van der Waals surface area contributed by atoms with Gasteiger partial charge in [-0.15, -0.1) is 0 Å². The quantitative estimate of drug-likeness (QED) is 0.833. The molecule has 5 heteroatoms. The van der Waals surface area contributed by atoms with Crippen molar-refractivity contribution in [2.45, 2.75) is 12.7 Å². The minimum Gasteiger partial charge on any atom is -0.459 e. The first-order chi connectivity index (χ1) is 7.67. The lowest BCUT2D eigenvalue weighted by Gasteiger charge is -2.12. The number of methoxy groups -OCH3 is 1. The molecule has 0 aliphatic heterocycles. The lowest BCUT2D eigenvalue weighted by Crippen LogP contribution is -2.32. The van der Waals surface area contributed by atoms with E-state index in [1.807, 2.05) is 24.3 Å². The second kappa shape index (κ2) is 6.62. The second-order valence-electron chi connectivity index (χ2n) is 3.19. The van der Waals surface area contributed by atoms with Crippen LogP contribution < -0.4 is 5.73 Å². The maximum atomic E-state index is 11.4. The fraction of sp³-hybridized carbons (Fsp3) is 0.364. The molecular weight excluding hydrogens is 274 g/mol. The van der Waals surface area contributed by atoms with E-state index in [1.54, 1.807) is 0 Å². The van der Waals surface area contributed by atoms with Crippen LogP contribution in [0.2, 0.25) is 0 Å². The van der Waals surface area contributed by atoms with Crippen LogP contribution in [-0.2, 0) is 20.9 Å². The van der Waals surface area contributed by atoms with Crippen LogP contribution in [0.4, 0.5) is 0 Å². The minimum absolute atomic E-state index is 0.121. The number of carbonyl (C=O) groups is 1. The summed E-state index contributed by atoms with van der Waals surface area (Å²) in [4.78, 5) is 11.4. The maximum Gasteiger partial charge on any atom is 0.336 e. The first kappa shape index (κ1) is 13.2. The van der Waals surface area contributed by atoms with Crippen molar-refractivity contribution in [3.8, 4) is 0 Å². The van der Waals surface area contributed by atoms with Crippen molar-refractivity contribution in [2.24, 2.45) is 5.73 Å². The molecule has 1 atom stereocenters. The van der Waals surface area contributed by atoms with Crippen LogP contribution in [0.1, 0.15) is 5.56 Å². The van der Waals surface area contributed by atoms with Crippen molar-refractivity contribution in [3.05, 3.63) is 34.3 Å². The molecule has 4 nitrogen and oxygen atoms in total. The van der Waals surface area contributed by atoms with E-state index in [-0.39, 0.29) is 13.2 Å². The fourth-order valence-corrected chi connectivity index (χ4v) is 1.38. The monoisotopic (exact) mass is 287 g/mol. The molecular formula is C11H14BrNO3. The highest BCUT2D eigenvalue weighted by Gasteiger charge is 2.16. The first-order valence-electron chi connectivity index (χ1n) is 4.81. The molecule has 0 radical (unpaired) electrons. The van der Waals surface area contributed by atoms with Gasteiger partial charge in [0.2, 0.25) is 0 Å². The molecule has 0 amide bonds. The Morgan fingerprint density at radius 1 is 1.44 bits per heavy atom. The van der Waals surface area contributed by atoms with Gasteiger partial charge >= 0.3 is 5.97 Å². The third kappa shape index (κ3) is 3.92. The molecule has 1 aromatic rings. The van der Waals surface area contributed by atoms with Gasteiger partial charge in [0.05, 0.1) is 0 Å². The summed E-state index contributed by atoms with van der Waals surface area (Å²) in [5, 5.41) is 0. The largest absolute Gasteiger partial charge is 0.459 e. The van der Waals surface area contributed by atoms with Crippen LogP contribution in [0.5, 0.6) is 0 Å². The van der Waals surface area contributed by atoms with Crippen LogP contribution in [0.25, 0.3) is 0 Å². The lowest BCUT2D eigenvalue weighted by atomic mass is 10.2. The molecule has 0 aliphatic rings. The van der Waals surface area contributed by atoms with E-state index in [2.05, 4.69) is 15.9 Å². The standard InChI is InChI=1S/C11H14BrNO3/c1-15-10(6-13)11(14)16-7-8-2-4-9(12)5-3-8/h2-5,10H,6-7,13H2,1H3. The molecule has 2 N–H and O–H groups in total. The number of rotatable bonds is 5. The van der Waals surface area contributed by atoms with Gasteiger partial charge in [0.25, 0.3) is 0 Å². The summed E-state index contributed by atoms with van der Waals surface area (Å²) in [7, 11) is 1.43. The number of halogens is 1. The Bertz CT molecular complexity index is 336. The third-order valence-electron chi connectivity index (χ3n) is 2.06. The minimum atomic E-state index is -0.685. The summed E-state index contributed by atoms with van der Waals surface area (Å²) in [6, 6.07) is 7.53. The van der Waals surface area contributed by atoms with E-state index >= 15 is 0 Å². The Balaban J connectivity index is 2.45. The number of benzene rings is 1. The summed E-state index contributed by atoms with van der Waals surface area (Å²) >= 11 is 3.33. The van der Waals surface area contributed by atoms with Crippen molar-refractivity contribution in [1.29, 1.82) is 0 Å². The Kier molecular flexibility index (Phi) is 5.45. The van der Waals surface area contributed by atoms with Crippen molar-refractivity contribution in [3.63, 3.8) is 0 Å². The van der Waals surface area contributed by atoms with Gasteiger partial charge in [0.1, 0.15) is 6.61 Å². The molecule has 1 rings (SSSR count). The predicted molar refractivity (Wildman–Crippen MR) is 63.8 cm³/mol. The fourth-order valence-electron chi connectivity index (χ4n) is 1.12. The van der Waals surface area contributed by atoms with Crippen LogP contribution in [0.3, 0.4) is 0 Å². The first-order valence-corrected chi connectivity index (χ1v) is 5.60. The zero-order valence-electron chi connectivity index (χ0n) is 8.98. The Labute approximate surface area is 103 Å². The number of hydrogen-bond donors (Lipinski definition) is 1.